The molecule has 0 radical (unpaired) electrons. The zero-order valence-electron chi connectivity index (χ0n) is 9.99. The molecule has 3 nitrogen and oxygen atoms in total. The first kappa shape index (κ1) is 11.8. The number of ether oxygens (including phenoxy) is 1. The molecular formula is C13H16N2OS. The monoisotopic (exact) mass is 248 g/mol. The Morgan fingerprint density at radius 1 is 1.35 bits per heavy atom. The molecule has 1 aromatic heterocycles. The van der Waals surface area contributed by atoms with Crippen molar-refractivity contribution < 1.29 is 4.74 Å². The quantitative estimate of drug-likeness (QED) is 0.816. The number of nitrogens with two attached hydrogens (primary N) is 1. The summed E-state index contributed by atoms with van der Waals surface area (Å²) in [5.74, 6) is 0.706. The summed E-state index contributed by atoms with van der Waals surface area (Å²) in [6.07, 6.45) is 0. The van der Waals surface area contributed by atoms with Crippen LogP contribution in [0.25, 0.3) is 0 Å². The van der Waals surface area contributed by atoms with Gasteiger partial charge in [-0.1, -0.05) is 6.07 Å². The van der Waals surface area contributed by atoms with Gasteiger partial charge < -0.3 is 15.8 Å². The fourth-order valence-electron chi connectivity index (χ4n) is 1.64. The minimum atomic E-state index is 0.657. The van der Waals surface area contributed by atoms with E-state index in [1.54, 1.807) is 18.4 Å². The molecule has 0 aliphatic heterocycles. The predicted molar refractivity (Wildman–Crippen MR) is 73.8 cm³/mol. The van der Waals surface area contributed by atoms with Crippen molar-refractivity contribution in [2.75, 3.05) is 18.2 Å². The molecule has 0 atom stereocenters. The summed E-state index contributed by atoms with van der Waals surface area (Å²) in [7, 11) is 1.62. The Labute approximate surface area is 105 Å². The molecule has 3 N–H and O–H groups in total. The summed E-state index contributed by atoms with van der Waals surface area (Å²) in [6.45, 7) is 2.91. The third kappa shape index (κ3) is 2.53. The standard InChI is InChI=1S/C13H16N2OS/c1-9-6-7-17-12(9)8-15-10-4-3-5-11(16-2)13(10)14/h3-7,15H,8,14H2,1-2H3. The van der Waals surface area contributed by atoms with Gasteiger partial charge in [-0.2, -0.15) is 0 Å². The minimum Gasteiger partial charge on any atom is -0.495 e. The zero-order valence-corrected chi connectivity index (χ0v) is 10.8. The Kier molecular flexibility index (Phi) is 3.54. The zero-order chi connectivity index (χ0) is 12.3. The van der Waals surface area contributed by atoms with Crippen LogP contribution in [0.2, 0.25) is 0 Å². The summed E-state index contributed by atoms with van der Waals surface area (Å²) in [5.41, 5.74) is 8.87. The molecule has 90 valence electrons. The lowest BCUT2D eigenvalue weighted by molar-refractivity contribution is 0.417. The largest absolute Gasteiger partial charge is 0.495 e. The van der Waals surface area contributed by atoms with E-state index in [-0.39, 0.29) is 0 Å². The molecule has 4 heteroatoms. The molecule has 0 spiro atoms. The number of rotatable bonds is 4. The summed E-state index contributed by atoms with van der Waals surface area (Å²) < 4.78 is 5.18. The lowest BCUT2D eigenvalue weighted by Crippen LogP contribution is -2.03. The number of nitrogen functional groups attached to an aromatic ring is 1. The Hall–Kier alpha value is -1.68. The summed E-state index contributed by atoms with van der Waals surface area (Å²) >= 11 is 1.75. The average molecular weight is 248 g/mol. The maximum Gasteiger partial charge on any atom is 0.143 e. The van der Waals surface area contributed by atoms with Crippen molar-refractivity contribution in [2.45, 2.75) is 13.5 Å². The van der Waals surface area contributed by atoms with Crippen LogP contribution in [-0.4, -0.2) is 7.11 Å². The van der Waals surface area contributed by atoms with Crippen molar-refractivity contribution in [1.82, 2.24) is 0 Å². The fourth-order valence-corrected chi connectivity index (χ4v) is 2.48. The predicted octanol–water partition coefficient (Wildman–Crippen LogP) is 3.26. The van der Waals surface area contributed by atoms with E-state index >= 15 is 0 Å². The molecule has 0 fully saturated rings. The van der Waals surface area contributed by atoms with Crippen molar-refractivity contribution in [3.63, 3.8) is 0 Å². The van der Waals surface area contributed by atoms with Gasteiger partial charge in [0.25, 0.3) is 0 Å². The number of benzene rings is 1. The smallest absolute Gasteiger partial charge is 0.143 e. The van der Waals surface area contributed by atoms with Gasteiger partial charge in [-0.25, -0.2) is 0 Å². The third-order valence-corrected chi connectivity index (χ3v) is 3.72. The van der Waals surface area contributed by atoms with E-state index in [1.807, 2.05) is 18.2 Å². The summed E-state index contributed by atoms with van der Waals surface area (Å²) in [4.78, 5) is 1.33. The van der Waals surface area contributed by atoms with Crippen LogP contribution in [0.3, 0.4) is 0 Å². The normalized spacial score (nSPS) is 10.2. The van der Waals surface area contributed by atoms with Crippen LogP contribution in [0.4, 0.5) is 11.4 Å². The number of thiophene rings is 1. The van der Waals surface area contributed by atoms with E-state index in [1.165, 1.54) is 10.4 Å². The van der Waals surface area contributed by atoms with E-state index < -0.39 is 0 Å². The highest BCUT2D eigenvalue weighted by molar-refractivity contribution is 7.10. The number of aryl methyl sites for hydroxylation is 1. The highest BCUT2D eigenvalue weighted by Crippen LogP contribution is 2.29. The van der Waals surface area contributed by atoms with Crippen molar-refractivity contribution >= 4 is 22.7 Å². The van der Waals surface area contributed by atoms with E-state index in [9.17, 15) is 0 Å². The van der Waals surface area contributed by atoms with Crippen LogP contribution in [0.15, 0.2) is 29.6 Å². The summed E-state index contributed by atoms with van der Waals surface area (Å²) in [5, 5.41) is 5.43. The first-order valence-corrected chi connectivity index (χ1v) is 6.29. The maximum absolute atomic E-state index is 5.99. The Bertz CT molecular complexity index is 508. The van der Waals surface area contributed by atoms with Crippen LogP contribution in [-0.2, 0) is 6.54 Å². The Morgan fingerprint density at radius 3 is 2.82 bits per heavy atom. The molecule has 17 heavy (non-hydrogen) atoms. The number of methoxy groups -OCH3 is 1. The van der Waals surface area contributed by atoms with Crippen LogP contribution in [0.5, 0.6) is 5.75 Å². The second-order valence-corrected chi connectivity index (χ2v) is 4.80. The van der Waals surface area contributed by atoms with Gasteiger partial charge in [-0.3, -0.25) is 0 Å². The highest BCUT2D eigenvalue weighted by Gasteiger charge is 2.05. The van der Waals surface area contributed by atoms with Gasteiger partial charge in [-0.15, -0.1) is 11.3 Å². The van der Waals surface area contributed by atoms with Gasteiger partial charge in [0.2, 0.25) is 0 Å². The maximum atomic E-state index is 5.99. The molecule has 0 amide bonds. The molecule has 1 heterocycles. The van der Waals surface area contributed by atoms with Crippen LogP contribution in [0.1, 0.15) is 10.4 Å². The van der Waals surface area contributed by atoms with Crippen molar-refractivity contribution in [3.8, 4) is 5.75 Å². The molecule has 1 aromatic carbocycles. The van der Waals surface area contributed by atoms with Gasteiger partial charge >= 0.3 is 0 Å². The molecule has 0 bridgehead atoms. The topological polar surface area (TPSA) is 47.3 Å². The molecule has 0 unspecified atom stereocenters. The lowest BCUT2D eigenvalue weighted by atomic mass is 10.2. The number of hydrogen-bond acceptors (Lipinski definition) is 4. The van der Waals surface area contributed by atoms with E-state index in [0.717, 1.165) is 12.2 Å². The summed E-state index contributed by atoms with van der Waals surface area (Å²) in [6, 6.07) is 7.87. The molecule has 0 aliphatic rings. The van der Waals surface area contributed by atoms with Gasteiger partial charge in [0.15, 0.2) is 0 Å². The van der Waals surface area contributed by atoms with Gasteiger partial charge in [-0.05, 0) is 36.1 Å². The fraction of sp³-hybridized carbons (Fsp3) is 0.231. The first-order valence-electron chi connectivity index (χ1n) is 5.41. The molecule has 2 rings (SSSR count). The third-order valence-electron chi connectivity index (χ3n) is 2.69. The molecule has 0 aliphatic carbocycles. The number of para-hydroxylation sites is 1. The van der Waals surface area contributed by atoms with Crippen LogP contribution in [0, 0.1) is 6.92 Å². The van der Waals surface area contributed by atoms with Gasteiger partial charge in [0.1, 0.15) is 5.75 Å². The second-order valence-electron chi connectivity index (χ2n) is 3.80. The van der Waals surface area contributed by atoms with Crippen LogP contribution < -0.4 is 15.8 Å². The van der Waals surface area contributed by atoms with Crippen molar-refractivity contribution in [3.05, 3.63) is 40.1 Å². The Morgan fingerprint density at radius 2 is 2.18 bits per heavy atom. The molecule has 0 saturated heterocycles. The average Bonchev–Trinajstić information content (AvgIpc) is 2.74. The molecule has 0 saturated carbocycles. The number of anilines is 2. The van der Waals surface area contributed by atoms with Crippen molar-refractivity contribution in [2.24, 2.45) is 0 Å². The molecular weight excluding hydrogens is 232 g/mol. The van der Waals surface area contributed by atoms with Gasteiger partial charge in [0.05, 0.1) is 18.5 Å². The minimum absolute atomic E-state index is 0.657. The van der Waals surface area contributed by atoms with Crippen LogP contribution >= 0.6 is 11.3 Å². The highest BCUT2D eigenvalue weighted by atomic mass is 32.1. The molecule has 2 aromatic rings. The first-order chi connectivity index (χ1) is 8.22. The number of hydrogen-bond donors (Lipinski definition) is 2. The SMILES string of the molecule is COc1cccc(NCc2sccc2C)c1N. The van der Waals surface area contributed by atoms with E-state index in [0.29, 0.717) is 11.4 Å². The van der Waals surface area contributed by atoms with Crippen molar-refractivity contribution in [1.29, 1.82) is 0 Å². The van der Waals surface area contributed by atoms with Gasteiger partial charge in [0, 0.05) is 11.4 Å². The lowest BCUT2D eigenvalue weighted by Gasteiger charge is -2.11. The van der Waals surface area contributed by atoms with E-state index in [2.05, 4.69) is 23.7 Å². The van der Waals surface area contributed by atoms with E-state index in [4.69, 9.17) is 10.5 Å². The number of nitrogens with one attached hydrogen (secondary N) is 1. The Balaban J connectivity index is 2.12. The second kappa shape index (κ2) is 5.10.